The number of nitrogens with zero attached hydrogens (tertiary/aromatic N) is 2. The van der Waals surface area contributed by atoms with E-state index in [1.165, 1.54) is 6.07 Å². The molecule has 2 fully saturated rings. The minimum Gasteiger partial charge on any atom is -0.376 e. The summed E-state index contributed by atoms with van der Waals surface area (Å²) in [5.41, 5.74) is 0.702. The van der Waals surface area contributed by atoms with Crippen molar-refractivity contribution >= 4 is 6.03 Å². The van der Waals surface area contributed by atoms with E-state index in [-0.39, 0.29) is 24.0 Å². The molecule has 2 heterocycles. The number of hydrogen-bond donors (Lipinski definition) is 1. The van der Waals surface area contributed by atoms with Crippen LogP contribution in [0.15, 0.2) is 24.3 Å². The topological polar surface area (TPSA) is 54.0 Å². The Labute approximate surface area is 154 Å². The fraction of sp³-hybridized carbons (Fsp3) is 0.632. The lowest BCUT2D eigenvalue weighted by Crippen LogP contribution is -2.50. The van der Waals surface area contributed by atoms with Crippen LogP contribution in [0.4, 0.5) is 9.18 Å². The number of carbonyl (C=O) groups excluding carboxylic acids is 1. The third-order valence-corrected chi connectivity index (χ3v) is 4.95. The third-order valence-electron chi connectivity index (χ3n) is 4.95. The Balaban J connectivity index is 1.50. The second-order valence-electron chi connectivity index (χ2n) is 6.80. The van der Waals surface area contributed by atoms with Gasteiger partial charge in [-0.05, 0) is 19.4 Å². The maximum Gasteiger partial charge on any atom is 0.317 e. The van der Waals surface area contributed by atoms with Crippen LogP contribution in [0.2, 0.25) is 0 Å². The van der Waals surface area contributed by atoms with Gasteiger partial charge in [0.2, 0.25) is 0 Å². The summed E-state index contributed by atoms with van der Waals surface area (Å²) < 4.78 is 24.9. The van der Waals surface area contributed by atoms with Gasteiger partial charge in [-0.25, -0.2) is 9.18 Å². The van der Waals surface area contributed by atoms with E-state index in [1.807, 2.05) is 24.0 Å². The molecule has 0 saturated carbocycles. The van der Waals surface area contributed by atoms with E-state index in [0.29, 0.717) is 45.0 Å². The summed E-state index contributed by atoms with van der Waals surface area (Å²) in [7, 11) is 0. The summed E-state index contributed by atoms with van der Waals surface area (Å²) in [5.74, 6) is -0.172. The number of nitrogens with one attached hydrogen (secondary N) is 1. The van der Waals surface area contributed by atoms with E-state index in [9.17, 15) is 9.18 Å². The highest BCUT2D eigenvalue weighted by atomic mass is 19.1. The molecular weight excluding hydrogens is 337 g/mol. The van der Waals surface area contributed by atoms with Gasteiger partial charge in [-0.15, -0.1) is 0 Å². The van der Waals surface area contributed by atoms with Crippen LogP contribution in [0.3, 0.4) is 0 Å². The summed E-state index contributed by atoms with van der Waals surface area (Å²) in [6, 6.07) is 6.70. The first-order chi connectivity index (χ1) is 12.7. The van der Waals surface area contributed by atoms with E-state index >= 15 is 0 Å². The van der Waals surface area contributed by atoms with Gasteiger partial charge in [0, 0.05) is 44.9 Å². The molecule has 1 aromatic carbocycles. The van der Waals surface area contributed by atoms with Crippen LogP contribution in [-0.4, -0.2) is 74.0 Å². The predicted molar refractivity (Wildman–Crippen MR) is 96.4 cm³/mol. The van der Waals surface area contributed by atoms with Crippen LogP contribution in [0.1, 0.15) is 18.9 Å². The van der Waals surface area contributed by atoms with Crippen LogP contribution >= 0.6 is 0 Å². The summed E-state index contributed by atoms with van der Waals surface area (Å²) in [5, 5.41) is 3.04. The average Bonchev–Trinajstić information content (AvgIpc) is 2.92. The average molecular weight is 365 g/mol. The molecule has 1 N–H and O–H groups in total. The molecule has 0 aliphatic carbocycles. The standard InChI is InChI=1S/C19H28FN3O3/c1-2-26-18-14-25-13-17(18)21-19(24)23-9-5-8-22(10-11-23)12-15-6-3-4-7-16(15)20/h3-4,6-7,17-18H,2,5,8-14H2,1H3,(H,21,24)/t17-,18-/m0/s1. The quantitative estimate of drug-likeness (QED) is 0.865. The third kappa shape index (κ3) is 4.93. The van der Waals surface area contributed by atoms with Gasteiger partial charge in [0.25, 0.3) is 0 Å². The summed E-state index contributed by atoms with van der Waals surface area (Å²) in [6.07, 6.45) is 0.797. The molecule has 2 aliphatic rings. The predicted octanol–water partition coefficient (Wildman–Crippen LogP) is 1.85. The molecule has 3 rings (SSSR count). The van der Waals surface area contributed by atoms with Gasteiger partial charge in [0.15, 0.2) is 0 Å². The molecule has 1 aromatic rings. The van der Waals surface area contributed by atoms with Crippen molar-refractivity contribution in [3.8, 4) is 0 Å². The molecule has 26 heavy (non-hydrogen) atoms. The molecular formula is C19H28FN3O3. The van der Waals surface area contributed by atoms with Crippen LogP contribution in [0.5, 0.6) is 0 Å². The van der Waals surface area contributed by atoms with E-state index in [2.05, 4.69) is 10.2 Å². The first-order valence-corrected chi connectivity index (χ1v) is 9.38. The van der Waals surface area contributed by atoms with Crippen LogP contribution in [-0.2, 0) is 16.0 Å². The van der Waals surface area contributed by atoms with E-state index in [0.717, 1.165) is 19.5 Å². The van der Waals surface area contributed by atoms with Gasteiger partial charge in [-0.3, -0.25) is 4.90 Å². The Hall–Kier alpha value is -1.70. The molecule has 0 bridgehead atoms. The Kier molecular flexibility index (Phi) is 6.82. The smallest absolute Gasteiger partial charge is 0.317 e. The van der Waals surface area contributed by atoms with Crippen LogP contribution in [0.25, 0.3) is 0 Å². The van der Waals surface area contributed by atoms with Gasteiger partial charge >= 0.3 is 6.03 Å². The van der Waals surface area contributed by atoms with Gasteiger partial charge in [-0.2, -0.15) is 0 Å². The van der Waals surface area contributed by atoms with Crippen molar-refractivity contribution < 1.29 is 18.7 Å². The molecule has 2 aliphatic heterocycles. The maximum absolute atomic E-state index is 13.9. The van der Waals surface area contributed by atoms with Crippen molar-refractivity contribution in [3.63, 3.8) is 0 Å². The monoisotopic (exact) mass is 365 g/mol. The van der Waals surface area contributed by atoms with E-state index < -0.39 is 0 Å². The fourth-order valence-corrected chi connectivity index (χ4v) is 3.50. The molecule has 0 spiro atoms. The van der Waals surface area contributed by atoms with Gasteiger partial charge in [0.1, 0.15) is 11.9 Å². The number of amides is 2. The Morgan fingerprint density at radius 1 is 1.27 bits per heavy atom. The molecule has 0 radical (unpaired) electrons. The lowest BCUT2D eigenvalue weighted by Gasteiger charge is -2.25. The summed E-state index contributed by atoms with van der Waals surface area (Å²) >= 11 is 0. The molecule has 2 saturated heterocycles. The molecule has 0 unspecified atom stereocenters. The summed E-state index contributed by atoms with van der Waals surface area (Å²) in [4.78, 5) is 16.6. The zero-order valence-corrected chi connectivity index (χ0v) is 15.3. The lowest BCUT2D eigenvalue weighted by molar-refractivity contribution is 0.0418. The highest BCUT2D eigenvalue weighted by Crippen LogP contribution is 2.14. The Morgan fingerprint density at radius 3 is 2.92 bits per heavy atom. The van der Waals surface area contributed by atoms with Crippen molar-refractivity contribution in [2.75, 3.05) is 46.0 Å². The molecule has 7 heteroatoms. The largest absolute Gasteiger partial charge is 0.376 e. The molecule has 144 valence electrons. The van der Waals surface area contributed by atoms with Crippen molar-refractivity contribution in [2.24, 2.45) is 0 Å². The van der Waals surface area contributed by atoms with Crippen LogP contribution < -0.4 is 5.32 Å². The lowest BCUT2D eigenvalue weighted by atomic mass is 10.2. The second kappa shape index (κ2) is 9.30. The molecule has 0 aromatic heterocycles. The van der Waals surface area contributed by atoms with Gasteiger partial charge in [-0.1, -0.05) is 18.2 Å². The Bertz CT molecular complexity index is 601. The molecule has 6 nitrogen and oxygen atoms in total. The van der Waals surface area contributed by atoms with Crippen LogP contribution in [0, 0.1) is 5.82 Å². The SMILES string of the molecule is CCO[C@H]1COC[C@@H]1NC(=O)N1CCCN(Cc2ccccc2F)CC1. The minimum absolute atomic E-state index is 0.0713. The van der Waals surface area contributed by atoms with Crippen molar-refractivity contribution in [3.05, 3.63) is 35.6 Å². The number of rotatable bonds is 5. The first kappa shape index (κ1) is 19.1. The van der Waals surface area contributed by atoms with E-state index in [1.54, 1.807) is 6.07 Å². The normalized spacial score (nSPS) is 24.5. The molecule has 2 atom stereocenters. The van der Waals surface area contributed by atoms with Gasteiger partial charge < -0.3 is 19.7 Å². The fourth-order valence-electron chi connectivity index (χ4n) is 3.50. The minimum atomic E-state index is -0.172. The number of hydrogen-bond acceptors (Lipinski definition) is 4. The van der Waals surface area contributed by atoms with E-state index in [4.69, 9.17) is 9.47 Å². The van der Waals surface area contributed by atoms with Gasteiger partial charge in [0.05, 0.1) is 19.3 Å². The highest BCUT2D eigenvalue weighted by molar-refractivity contribution is 5.74. The number of urea groups is 1. The Morgan fingerprint density at radius 2 is 2.12 bits per heavy atom. The second-order valence-corrected chi connectivity index (χ2v) is 6.80. The number of ether oxygens (including phenoxy) is 2. The first-order valence-electron chi connectivity index (χ1n) is 9.38. The maximum atomic E-state index is 13.9. The van der Waals surface area contributed by atoms with Crippen molar-refractivity contribution in [1.82, 2.24) is 15.1 Å². The number of benzene rings is 1. The van der Waals surface area contributed by atoms with Crippen molar-refractivity contribution in [2.45, 2.75) is 32.0 Å². The van der Waals surface area contributed by atoms with Crippen molar-refractivity contribution in [1.29, 1.82) is 0 Å². The zero-order chi connectivity index (χ0) is 18.4. The summed E-state index contributed by atoms with van der Waals surface area (Å²) in [6.45, 7) is 7.05. The number of carbonyl (C=O) groups is 1. The number of halogens is 1. The molecule has 2 amide bonds. The zero-order valence-electron chi connectivity index (χ0n) is 15.3. The highest BCUT2D eigenvalue weighted by Gasteiger charge is 2.31.